The Kier molecular flexibility index (Phi) is 5.92. The van der Waals surface area contributed by atoms with E-state index in [2.05, 4.69) is 4.99 Å². The number of carbonyl (C=O) groups excluding carboxylic acids is 1. The number of fused-ring (bicyclic) bond motifs is 1. The van der Waals surface area contributed by atoms with Gasteiger partial charge in [0.25, 0.3) is 5.91 Å². The lowest BCUT2D eigenvalue weighted by Gasteiger charge is -2.25. The van der Waals surface area contributed by atoms with Crippen molar-refractivity contribution in [3.05, 3.63) is 28.2 Å². The second-order valence-electron chi connectivity index (χ2n) is 6.51. The summed E-state index contributed by atoms with van der Waals surface area (Å²) in [6, 6.07) is 4.78. The summed E-state index contributed by atoms with van der Waals surface area (Å²) in [5, 5.41) is 1.27. The van der Waals surface area contributed by atoms with E-state index in [1.807, 2.05) is 13.8 Å². The molecule has 0 aromatic heterocycles. The highest BCUT2D eigenvalue weighted by molar-refractivity contribution is 8.16. The molecule has 2 fully saturated rings. The Labute approximate surface area is 168 Å². The van der Waals surface area contributed by atoms with Gasteiger partial charge >= 0.3 is 0 Å². The zero-order chi connectivity index (χ0) is 19.1. The van der Waals surface area contributed by atoms with Gasteiger partial charge in [-0.2, -0.15) is 4.99 Å². The largest absolute Gasteiger partial charge is 0.314 e. The zero-order valence-corrected chi connectivity index (χ0v) is 17.6. The highest BCUT2D eigenvalue weighted by Gasteiger charge is 2.49. The van der Waals surface area contributed by atoms with E-state index < -0.39 is 9.84 Å². The molecule has 0 aliphatic carbocycles. The Morgan fingerprint density at radius 2 is 2.00 bits per heavy atom. The molecule has 142 valence electrons. The third-order valence-electron chi connectivity index (χ3n) is 4.78. The van der Waals surface area contributed by atoms with Gasteiger partial charge in [0.15, 0.2) is 15.0 Å². The first-order chi connectivity index (χ1) is 12.3. The van der Waals surface area contributed by atoms with Crippen molar-refractivity contribution in [2.24, 2.45) is 10.9 Å². The number of benzene rings is 1. The predicted octanol–water partition coefficient (Wildman–Crippen LogP) is 4.03. The van der Waals surface area contributed by atoms with Gasteiger partial charge in [-0.25, -0.2) is 8.42 Å². The number of anilines is 1. The van der Waals surface area contributed by atoms with Crippen LogP contribution in [0.25, 0.3) is 0 Å². The molecular weight excluding hydrogens is 415 g/mol. The van der Waals surface area contributed by atoms with Crippen LogP contribution in [0.4, 0.5) is 5.69 Å². The summed E-state index contributed by atoms with van der Waals surface area (Å²) in [6.45, 7) is 3.92. The van der Waals surface area contributed by atoms with Crippen LogP contribution in [0.1, 0.15) is 26.7 Å². The zero-order valence-electron chi connectivity index (χ0n) is 14.5. The molecule has 1 aromatic rings. The highest BCUT2D eigenvalue weighted by Crippen LogP contribution is 2.43. The first-order valence-corrected chi connectivity index (χ1v) is 11.9. The van der Waals surface area contributed by atoms with E-state index in [4.69, 9.17) is 23.2 Å². The van der Waals surface area contributed by atoms with E-state index in [1.54, 1.807) is 23.1 Å². The molecule has 0 bridgehead atoms. The van der Waals surface area contributed by atoms with Crippen LogP contribution < -0.4 is 4.90 Å². The molecule has 1 amide bonds. The number of nitrogens with zero attached hydrogens (tertiary/aromatic N) is 2. The summed E-state index contributed by atoms with van der Waals surface area (Å²) in [6.07, 6.45) is 1.44. The van der Waals surface area contributed by atoms with Gasteiger partial charge in [-0.05, 0) is 31.0 Å². The van der Waals surface area contributed by atoms with Crippen molar-refractivity contribution in [1.29, 1.82) is 0 Å². The van der Waals surface area contributed by atoms with E-state index >= 15 is 0 Å². The number of amidine groups is 1. The Hall–Kier alpha value is -0.760. The standard InChI is InChI=1S/C17H20Cl2N2O3S2/c1-3-10(4-2)16(22)20-17-21(13-6-5-11(18)7-12(13)19)14-8-26(23,24)9-15(14)25-17/h5-7,10,14-15H,3-4,8-9H2,1-2H3/t14-,15-/m0/s1. The van der Waals surface area contributed by atoms with Crippen molar-refractivity contribution in [2.75, 3.05) is 16.4 Å². The van der Waals surface area contributed by atoms with Gasteiger partial charge in [-0.1, -0.05) is 48.8 Å². The molecule has 0 spiro atoms. The molecule has 0 N–H and O–H groups in total. The van der Waals surface area contributed by atoms with Gasteiger partial charge in [0, 0.05) is 16.2 Å². The van der Waals surface area contributed by atoms with Crippen LogP contribution in [-0.4, -0.2) is 42.3 Å². The summed E-state index contributed by atoms with van der Waals surface area (Å²) in [5.74, 6) is -0.186. The normalized spacial score (nSPS) is 25.9. The molecule has 0 unspecified atom stereocenters. The number of aliphatic imine (C=N–C) groups is 1. The van der Waals surface area contributed by atoms with Crippen LogP contribution in [-0.2, 0) is 14.6 Å². The first kappa shape index (κ1) is 20.0. The van der Waals surface area contributed by atoms with Gasteiger partial charge < -0.3 is 4.90 Å². The fourth-order valence-electron chi connectivity index (χ4n) is 3.35. The topological polar surface area (TPSA) is 66.8 Å². The van der Waals surface area contributed by atoms with Gasteiger partial charge in [-0.3, -0.25) is 4.79 Å². The van der Waals surface area contributed by atoms with Crippen molar-refractivity contribution in [3.8, 4) is 0 Å². The summed E-state index contributed by atoms with van der Waals surface area (Å²) >= 11 is 13.7. The second-order valence-corrected chi connectivity index (χ2v) is 10.7. The van der Waals surface area contributed by atoms with Crippen LogP contribution in [0.5, 0.6) is 0 Å². The van der Waals surface area contributed by atoms with Crippen LogP contribution >= 0.6 is 35.0 Å². The number of thioether (sulfide) groups is 1. The molecule has 0 saturated carbocycles. The molecule has 2 atom stereocenters. The third-order valence-corrected chi connectivity index (χ3v) is 8.52. The number of carbonyl (C=O) groups is 1. The maximum Gasteiger partial charge on any atom is 0.251 e. The maximum absolute atomic E-state index is 12.5. The second kappa shape index (κ2) is 7.70. The SMILES string of the molecule is CCC(CC)C(=O)N=C1S[C@H]2CS(=O)(=O)C[C@@H]2N1c1ccc(Cl)cc1Cl. The lowest BCUT2D eigenvalue weighted by Crippen LogP contribution is -2.38. The van der Waals surface area contributed by atoms with Gasteiger partial charge in [0.05, 0.1) is 28.3 Å². The monoisotopic (exact) mass is 434 g/mol. The molecule has 2 heterocycles. The number of rotatable bonds is 4. The molecule has 2 aliphatic rings. The van der Waals surface area contributed by atoms with Gasteiger partial charge in [-0.15, -0.1) is 0 Å². The minimum absolute atomic E-state index is 0.0296. The van der Waals surface area contributed by atoms with Crippen LogP contribution in [0.3, 0.4) is 0 Å². The molecule has 9 heteroatoms. The maximum atomic E-state index is 12.5. The summed E-state index contributed by atoms with van der Waals surface area (Å²) in [7, 11) is -3.12. The van der Waals surface area contributed by atoms with Crippen molar-refractivity contribution < 1.29 is 13.2 Å². The average Bonchev–Trinajstić information content (AvgIpc) is 3.00. The quantitative estimate of drug-likeness (QED) is 0.715. The van der Waals surface area contributed by atoms with Crippen LogP contribution in [0.15, 0.2) is 23.2 Å². The lowest BCUT2D eigenvalue weighted by atomic mass is 10.0. The van der Waals surface area contributed by atoms with E-state index in [0.717, 1.165) is 12.8 Å². The number of hydrogen-bond donors (Lipinski definition) is 0. The Morgan fingerprint density at radius 3 is 2.62 bits per heavy atom. The van der Waals surface area contributed by atoms with Crippen molar-refractivity contribution in [3.63, 3.8) is 0 Å². The number of amides is 1. The molecule has 0 radical (unpaired) electrons. The summed E-state index contributed by atoms with van der Waals surface area (Å²) in [5.41, 5.74) is 0.629. The van der Waals surface area contributed by atoms with E-state index in [9.17, 15) is 13.2 Å². The predicted molar refractivity (Wildman–Crippen MR) is 109 cm³/mol. The number of halogens is 2. The highest BCUT2D eigenvalue weighted by atomic mass is 35.5. The molecule has 5 nitrogen and oxygen atoms in total. The van der Waals surface area contributed by atoms with E-state index in [-0.39, 0.29) is 34.6 Å². The van der Waals surface area contributed by atoms with Crippen LogP contribution in [0, 0.1) is 5.92 Å². The van der Waals surface area contributed by atoms with Crippen molar-refractivity contribution in [1.82, 2.24) is 0 Å². The van der Waals surface area contributed by atoms with Crippen LogP contribution in [0.2, 0.25) is 10.0 Å². The molecule has 3 rings (SSSR count). The fourth-order valence-corrected chi connectivity index (χ4v) is 7.76. The first-order valence-electron chi connectivity index (χ1n) is 8.49. The average molecular weight is 435 g/mol. The van der Waals surface area contributed by atoms with E-state index in [1.165, 1.54) is 11.8 Å². The Bertz CT molecular complexity index is 854. The molecule has 2 saturated heterocycles. The van der Waals surface area contributed by atoms with Gasteiger partial charge in [0.1, 0.15) is 0 Å². The third kappa shape index (κ3) is 3.91. The summed E-state index contributed by atoms with van der Waals surface area (Å²) < 4.78 is 24.2. The van der Waals surface area contributed by atoms with Crippen molar-refractivity contribution in [2.45, 2.75) is 38.0 Å². The minimum atomic E-state index is -3.12. The lowest BCUT2D eigenvalue weighted by molar-refractivity contribution is -0.121. The fraction of sp³-hybridized carbons (Fsp3) is 0.529. The molecule has 26 heavy (non-hydrogen) atoms. The Morgan fingerprint density at radius 1 is 1.31 bits per heavy atom. The smallest absolute Gasteiger partial charge is 0.251 e. The Balaban J connectivity index is 2.02. The van der Waals surface area contributed by atoms with Crippen molar-refractivity contribution >= 4 is 61.6 Å². The molecular formula is C17H20Cl2N2O3S2. The minimum Gasteiger partial charge on any atom is -0.314 e. The molecule has 2 aliphatic heterocycles. The van der Waals surface area contributed by atoms with Gasteiger partial charge in [0.2, 0.25) is 0 Å². The van der Waals surface area contributed by atoms with E-state index in [0.29, 0.717) is 20.9 Å². The summed E-state index contributed by atoms with van der Waals surface area (Å²) in [4.78, 5) is 18.7. The molecule has 1 aromatic carbocycles. The number of hydrogen-bond acceptors (Lipinski definition) is 4. The number of sulfone groups is 1.